The van der Waals surface area contributed by atoms with Crippen LogP contribution >= 0.6 is 11.8 Å². The molecule has 1 saturated heterocycles. The Hall–Kier alpha value is -1.55. The molecular weight excluding hydrogens is 345 g/mol. The van der Waals surface area contributed by atoms with Gasteiger partial charge in [0.15, 0.2) is 5.12 Å². The van der Waals surface area contributed by atoms with Crippen molar-refractivity contribution in [2.45, 2.75) is 59.7 Å². The number of aryl methyl sites for hydroxylation is 2. The molecule has 26 heavy (non-hydrogen) atoms. The molecule has 2 rings (SSSR count). The Morgan fingerprint density at radius 3 is 2.12 bits per heavy atom. The minimum atomic E-state index is -0.499. The van der Waals surface area contributed by atoms with Crippen molar-refractivity contribution in [2.24, 2.45) is 0 Å². The Labute approximate surface area is 161 Å². The Kier molecular flexibility index (Phi) is 6.07. The van der Waals surface area contributed by atoms with Gasteiger partial charge in [-0.3, -0.25) is 4.79 Å². The molecule has 0 amide bonds. The highest BCUT2D eigenvalue weighted by molar-refractivity contribution is 8.13. The van der Waals surface area contributed by atoms with Gasteiger partial charge in [0, 0.05) is 12.7 Å². The molecule has 1 fully saturated rings. The van der Waals surface area contributed by atoms with Crippen LogP contribution < -0.4 is 0 Å². The van der Waals surface area contributed by atoms with Gasteiger partial charge in [-0.2, -0.15) is 5.26 Å². The molecule has 1 aliphatic heterocycles. The number of carbonyl (C=O) groups is 1. The largest absolute Gasteiger partial charge is 0.491 e. The minimum Gasteiger partial charge on any atom is -0.400 e. The third-order valence-electron chi connectivity index (χ3n) is 5.05. The van der Waals surface area contributed by atoms with Crippen LogP contribution in [0, 0.1) is 25.2 Å². The maximum absolute atomic E-state index is 11.5. The lowest BCUT2D eigenvalue weighted by molar-refractivity contribution is -0.109. The Bertz CT molecular complexity index is 754. The van der Waals surface area contributed by atoms with Gasteiger partial charge in [0.25, 0.3) is 0 Å². The van der Waals surface area contributed by atoms with E-state index in [9.17, 15) is 4.79 Å². The van der Waals surface area contributed by atoms with Gasteiger partial charge < -0.3 is 9.31 Å². The molecule has 4 nitrogen and oxygen atoms in total. The van der Waals surface area contributed by atoms with Crippen molar-refractivity contribution < 1.29 is 14.1 Å². The second-order valence-corrected chi connectivity index (χ2v) is 8.88. The Balaban J connectivity index is 2.45. The lowest BCUT2D eigenvalue weighted by Gasteiger charge is -2.32. The van der Waals surface area contributed by atoms with E-state index in [2.05, 4.69) is 6.07 Å². The SMILES string of the molecule is CC(=O)SCC(=Cc1c(C)cc(C#N)cc1C)B1OC(C)(C)C(C)(C)O1. The number of benzene rings is 1. The number of rotatable bonds is 4. The summed E-state index contributed by atoms with van der Waals surface area (Å²) < 4.78 is 12.4. The molecule has 1 aromatic carbocycles. The molecule has 6 heteroatoms. The molecule has 1 heterocycles. The predicted molar refractivity (Wildman–Crippen MR) is 108 cm³/mol. The monoisotopic (exact) mass is 371 g/mol. The van der Waals surface area contributed by atoms with E-state index in [0.717, 1.165) is 22.2 Å². The molecule has 0 N–H and O–H groups in total. The summed E-state index contributed by atoms with van der Waals surface area (Å²) in [5.41, 5.74) is 3.76. The van der Waals surface area contributed by atoms with Crippen molar-refractivity contribution in [1.82, 2.24) is 0 Å². The average Bonchev–Trinajstić information content (AvgIpc) is 2.73. The first-order valence-corrected chi connectivity index (χ1v) is 9.66. The summed E-state index contributed by atoms with van der Waals surface area (Å²) in [7, 11) is -0.499. The molecule has 0 unspecified atom stereocenters. The van der Waals surface area contributed by atoms with Crippen molar-refractivity contribution in [3.8, 4) is 6.07 Å². The summed E-state index contributed by atoms with van der Waals surface area (Å²) in [5.74, 6) is 0.505. The van der Waals surface area contributed by atoms with E-state index < -0.39 is 18.3 Å². The standard InChI is InChI=1S/C20H26BNO3S/c1-13-8-16(11-22)9-14(2)18(13)10-17(12-26-15(3)23)21-24-19(4,5)20(6,7)25-21/h8-10H,12H2,1-7H3. The van der Waals surface area contributed by atoms with Gasteiger partial charge in [-0.15, -0.1) is 0 Å². The van der Waals surface area contributed by atoms with Crippen LogP contribution in [0.2, 0.25) is 0 Å². The molecular formula is C20H26BNO3S. The van der Waals surface area contributed by atoms with Crippen LogP contribution in [0.1, 0.15) is 56.9 Å². The van der Waals surface area contributed by atoms with Crippen molar-refractivity contribution in [2.75, 3.05) is 5.75 Å². The van der Waals surface area contributed by atoms with E-state index in [1.54, 1.807) is 6.92 Å². The van der Waals surface area contributed by atoms with E-state index >= 15 is 0 Å². The van der Waals surface area contributed by atoms with E-state index in [4.69, 9.17) is 14.6 Å². The summed E-state index contributed by atoms with van der Waals surface area (Å²) >= 11 is 1.25. The van der Waals surface area contributed by atoms with Crippen molar-refractivity contribution in [1.29, 1.82) is 5.26 Å². The summed E-state index contributed by atoms with van der Waals surface area (Å²) in [4.78, 5) is 11.5. The predicted octanol–water partition coefficient (Wildman–Crippen LogP) is 4.47. The molecule has 0 saturated carbocycles. The maximum atomic E-state index is 11.5. The highest BCUT2D eigenvalue weighted by Gasteiger charge is 2.52. The number of hydrogen-bond acceptors (Lipinski definition) is 5. The molecule has 0 aromatic heterocycles. The van der Waals surface area contributed by atoms with Crippen molar-refractivity contribution in [3.63, 3.8) is 0 Å². The Morgan fingerprint density at radius 2 is 1.69 bits per heavy atom. The van der Waals surface area contributed by atoms with Crippen LogP contribution in [0.4, 0.5) is 0 Å². The molecule has 0 atom stereocenters. The van der Waals surface area contributed by atoms with Gasteiger partial charge in [0.1, 0.15) is 0 Å². The summed E-state index contributed by atoms with van der Waals surface area (Å²) in [5, 5.41) is 9.20. The Morgan fingerprint density at radius 1 is 1.19 bits per heavy atom. The molecule has 1 aliphatic rings. The minimum absolute atomic E-state index is 0.0562. The van der Waals surface area contributed by atoms with E-state index in [0.29, 0.717) is 11.3 Å². The van der Waals surface area contributed by atoms with Crippen LogP contribution in [-0.4, -0.2) is 29.2 Å². The number of carbonyl (C=O) groups excluding carboxylic acids is 1. The van der Waals surface area contributed by atoms with E-state index in [1.807, 2.05) is 59.8 Å². The second-order valence-electron chi connectivity index (χ2n) is 7.72. The lowest BCUT2D eigenvalue weighted by atomic mass is 9.77. The highest BCUT2D eigenvalue weighted by Crippen LogP contribution is 2.39. The van der Waals surface area contributed by atoms with Gasteiger partial charge >= 0.3 is 7.12 Å². The van der Waals surface area contributed by atoms with Crippen LogP contribution in [0.3, 0.4) is 0 Å². The first-order chi connectivity index (χ1) is 12.0. The number of thioether (sulfide) groups is 1. The van der Waals surface area contributed by atoms with Crippen LogP contribution in [0.15, 0.2) is 17.6 Å². The molecule has 0 spiro atoms. The molecule has 0 bridgehead atoms. The first kappa shape index (κ1) is 20.8. The third kappa shape index (κ3) is 4.40. The van der Waals surface area contributed by atoms with Gasteiger partial charge in [-0.25, -0.2) is 0 Å². The zero-order valence-corrected chi connectivity index (χ0v) is 17.4. The van der Waals surface area contributed by atoms with Gasteiger partial charge in [-0.05, 0) is 75.8 Å². The number of nitriles is 1. The van der Waals surface area contributed by atoms with Crippen LogP contribution in [-0.2, 0) is 14.1 Å². The summed E-state index contributed by atoms with van der Waals surface area (Å²) in [6.45, 7) is 13.6. The van der Waals surface area contributed by atoms with Crippen LogP contribution in [0.5, 0.6) is 0 Å². The smallest absolute Gasteiger partial charge is 0.400 e. The zero-order chi connectivity index (χ0) is 19.7. The zero-order valence-electron chi connectivity index (χ0n) is 16.6. The van der Waals surface area contributed by atoms with Crippen molar-refractivity contribution >= 4 is 30.1 Å². The van der Waals surface area contributed by atoms with Crippen LogP contribution in [0.25, 0.3) is 6.08 Å². The quantitative estimate of drug-likeness (QED) is 0.731. The van der Waals surface area contributed by atoms with Gasteiger partial charge in [-0.1, -0.05) is 17.8 Å². The lowest BCUT2D eigenvalue weighted by Crippen LogP contribution is -2.41. The summed E-state index contributed by atoms with van der Waals surface area (Å²) in [6.07, 6.45) is 2.05. The van der Waals surface area contributed by atoms with E-state index in [-0.39, 0.29) is 5.12 Å². The topological polar surface area (TPSA) is 59.3 Å². The fourth-order valence-electron chi connectivity index (χ4n) is 2.81. The second kappa shape index (κ2) is 7.60. The molecule has 138 valence electrons. The molecule has 0 radical (unpaired) electrons. The van der Waals surface area contributed by atoms with Gasteiger partial charge in [0.05, 0.1) is 22.8 Å². The highest BCUT2D eigenvalue weighted by atomic mass is 32.2. The molecule has 1 aromatic rings. The average molecular weight is 371 g/mol. The number of hydrogen-bond donors (Lipinski definition) is 0. The third-order valence-corrected chi connectivity index (χ3v) is 5.93. The van der Waals surface area contributed by atoms with Gasteiger partial charge in [0.2, 0.25) is 0 Å². The number of nitrogens with zero attached hydrogens (tertiary/aromatic N) is 1. The molecule has 0 aliphatic carbocycles. The van der Waals surface area contributed by atoms with E-state index in [1.165, 1.54) is 11.8 Å². The fourth-order valence-corrected chi connectivity index (χ4v) is 3.40. The first-order valence-electron chi connectivity index (χ1n) is 8.67. The normalized spacial score (nSPS) is 18.7. The maximum Gasteiger partial charge on any atom is 0.491 e. The van der Waals surface area contributed by atoms with Crippen molar-refractivity contribution in [3.05, 3.63) is 39.9 Å². The summed E-state index contributed by atoms with van der Waals surface area (Å²) in [6, 6.07) is 5.93. The fraction of sp³-hybridized carbons (Fsp3) is 0.500.